The van der Waals surface area contributed by atoms with E-state index in [0.717, 1.165) is 32.2 Å². The maximum atomic E-state index is 11.6. The molecule has 0 amide bonds. The third kappa shape index (κ3) is 3.52. The maximum Gasteiger partial charge on any atom is 0.136 e. The zero-order chi connectivity index (χ0) is 12.3. The molecule has 1 saturated carbocycles. The Kier molecular flexibility index (Phi) is 4.57. The quantitative estimate of drug-likeness (QED) is 0.746. The molecule has 1 aliphatic heterocycles. The van der Waals surface area contributed by atoms with Gasteiger partial charge in [0, 0.05) is 24.9 Å². The lowest BCUT2D eigenvalue weighted by molar-refractivity contribution is -0.120. The fourth-order valence-corrected chi connectivity index (χ4v) is 3.19. The summed E-state index contributed by atoms with van der Waals surface area (Å²) in [7, 11) is 4.35. The number of ketones is 1. The number of likely N-dealkylation sites (tertiary alicyclic amines) is 1. The van der Waals surface area contributed by atoms with Crippen LogP contribution in [0.3, 0.4) is 0 Å². The van der Waals surface area contributed by atoms with E-state index in [9.17, 15) is 4.79 Å². The van der Waals surface area contributed by atoms with Gasteiger partial charge < -0.3 is 9.80 Å². The van der Waals surface area contributed by atoms with Gasteiger partial charge in [0.05, 0.1) is 0 Å². The minimum Gasteiger partial charge on any atom is -0.305 e. The van der Waals surface area contributed by atoms with Gasteiger partial charge in [0.15, 0.2) is 0 Å². The summed E-state index contributed by atoms with van der Waals surface area (Å²) in [4.78, 5) is 16.5. The van der Waals surface area contributed by atoms with Crippen LogP contribution in [0, 0.1) is 5.92 Å². The molecule has 0 spiro atoms. The molecular weight excluding hydrogens is 212 g/mol. The highest BCUT2D eigenvalue weighted by molar-refractivity contribution is 5.82. The summed E-state index contributed by atoms with van der Waals surface area (Å²) < 4.78 is 0. The predicted molar refractivity (Wildman–Crippen MR) is 70.1 cm³/mol. The minimum absolute atomic E-state index is 0.384. The largest absolute Gasteiger partial charge is 0.305 e. The molecule has 0 aromatic rings. The molecular formula is C14H26N2O. The van der Waals surface area contributed by atoms with Gasteiger partial charge in [-0.25, -0.2) is 0 Å². The molecule has 17 heavy (non-hydrogen) atoms. The SMILES string of the molecule is CN(C)C1CCCN(CCC2CCCC2=O)C1. The van der Waals surface area contributed by atoms with Gasteiger partial charge in [0.2, 0.25) is 0 Å². The van der Waals surface area contributed by atoms with E-state index in [1.807, 2.05) is 0 Å². The van der Waals surface area contributed by atoms with E-state index >= 15 is 0 Å². The van der Waals surface area contributed by atoms with Gasteiger partial charge in [0.25, 0.3) is 0 Å². The first-order valence-corrected chi connectivity index (χ1v) is 7.08. The highest BCUT2D eigenvalue weighted by atomic mass is 16.1. The van der Waals surface area contributed by atoms with E-state index in [1.165, 1.54) is 25.9 Å². The number of carbonyl (C=O) groups excluding carboxylic acids is 1. The second-order valence-corrected chi connectivity index (χ2v) is 5.90. The van der Waals surface area contributed by atoms with Crippen molar-refractivity contribution in [2.45, 2.75) is 44.6 Å². The highest BCUT2D eigenvalue weighted by Gasteiger charge is 2.26. The number of hydrogen-bond donors (Lipinski definition) is 0. The lowest BCUT2D eigenvalue weighted by Gasteiger charge is -2.36. The minimum atomic E-state index is 0.384. The molecule has 0 bridgehead atoms. The summed E-state index contributed by atoms with van der Waals surface area (Å²) in [6, 6.07) is 0.711. The van der Waals surface area contributed by atoms with Crippen molar-refractivity contribution in [3.63, 3.8) is 0 Å². The number of carbonyl (C=O) groups is 1. The van der Waals surface area contributed by atoms with Crippen molar-refractivity contribution in [1.29, 1.82) is 0 Å². The third-order valence-electron chi connectivity index (χ3n) is 4.44. The summed E-state index contributed by atoms with van der Waals surface area (Å²) in [6.07, 6.45) is 6.84. The monoisotopic (exact) mass is 238 g/mol. The van der Waals surface area contributed by atoms with Crippen LogP contribution < -0.4 is 0 Å². The standard InChI is InChI=1S/C14H26N2O/c1-15(2)13-6-4-9-16(11-13)10-8-12-5-3-7-14(12)17/h12-13H,3-11H2,1-2H3. The van der Waals surface area contributed by atoms with Crippen molar-refractivity contribution in [3.8, 4) is 0 Å². The highest BCUT2D eigenvalue weighted by Crippen LogP contribution is 2.25. The second kappa shape index (κ2) is 5.96. The van der Waals surface area contributed by atoms with Crippen molar-refractivity contribution in [1.82, 2.24) is 9.80 Å². The number of hydrogen-bond acceptors (Lipinski definition) is 3. The van der Waals surface area contributed by atoms with Crippen LogP contribution in [-0.4, -0.2) is 55.4 Å². The van der Waals surface area contributed by atoms with E-state index in [1.54, 1.807) is 0 Å². The first-order valence-electron chi connectivity index (χ1n) is 7.08. The van der Waals surface area contributed by atoms with Crippen molar-refractivity contribution >= 4 is 5.78 Å². The number of nitrogens with zero attached hydrogens (tertiary/aromatic N) is 2. The molecule has 3 heteroatoms. The number of Topliss-reactive ketones (excluding diaryl/α,β-unsaturated/α-hetero) is 1. The fraction of sp³-hybridized carbons (Fsp3) is 0.929. The van der Waals surface area contributed by atoms with Crippen molar-refractivity contribution in [2.75, 3.05) is 33.7 Å². The van der Waals surface area contributed by atoms with Crippen LogP contribution in [0.2, 0.25) is 0 Å². The number of rotatable bonds is 4. The summed E-state index contributed by atoms with van der Waals surface area (Å²) >= 11 is 0. The molecule has 0 N–H and O–H groups in total. The molecule has 2 fully saturated rings. The van der Waals surface area contributed by atoms with Gasteiger partial charge in [-0.05, 0) is 59.3 Å². The summed E-state index contributed by atoms with van der Waals surface area (Å²) in [5.41, 5.74) is 0. The Bertz CT molecular complexity index is 265. The van der Waals surface area contributed by atoms with Crippen molar-refractivity contribution in [2.24, 2.45) is 5.92 Å². The Morgan fingerprint density at radius 3 is 2.76 bits per heavy atom. The smallest absolute Gasteiger partial charge is 0.136 e. The molecule has 1 heterocycles. The molecule has 2 rings (SSSR count). The zero-order valence-electron chi connectivity index (χ0n) is 11.3. The van der Waals surface area contributed by atoms with Crippen LogP contribution >= 0.6 is 0 Å². The fourth-order valence-electron chi connectivity index (χ4n) is 3.19. The molecule has 2 aliphatic rings. The Labute approximate surface area is 105 Å². The van der Waals surface area contributed by atoms with E-state index in [4.69, 9.17) is 0 Å². The van der Waals surface area contributed by atoms with Crippen LogP contribution in [0.25, 0.3) is 0 Å². The van der Waals surface area contributed by atoms with Crippen LogP contribution in [0.4, 0.5) is 0 Å². The Morgan fingerprint density at radius 1 is 1.29 bits per heavy atom. The summed E-state index contributed by atoms with van der Waals surface area (Å²) in [6.45, 7) is 3.54. The average Bonchev–Trinajstić information content (AvgIpc) is 2.72. The van der Waals surface area contributed by atoms with E-state index in [-0.39, 0.29) is 0 Å². The van der Waals surface area contributed by atoms with Gasteiger partial charge in [0.1, 0.15) is 5.78 Å². The average molecular weight is 238 g/mol. The Hall–Kier alpha value is -0.410. The topological polar surface area (TPSA) is 23.6 Å². The lowest BCUT2D eigenvalue weighted by Crippen LogP contribution is -2.45. The van der Waals surface area contributed by atoms with Crippen molar-refractivity contribution < 1.29 is 4.79 Å². The molecule has 0 radical (unpaired) electrons. The van der Waals surface area contributed by atoms with Crippen LogP contribution in [-0.2, 0) is 4.79 Å². The summed E-state index contributed by atoms with van der Waals surface area (Å²) in [5, 5.41) is 0. The molecule has 3 nitrogen and oxygen atoms in total. The summed E-state index contributed by atoms with van der Waals surface area (Å²) in [5.74, 6) is 0.904. The van der Waals surface area contributed by atoms with Crippen molar-refractivity contribution in [3.05, 3.63) is 0 Å². The third-order valence-corrected chi connectivity index (χ3v) is 4.44. The second-order valence-electron chi connectivity index (χ2n) is 5.90. The van der Waals surface area contributed by atoms with Gasteiger partial charge in [-0.2, -0.15) is 0 Å². The van der Waals surface area contributed by atoms with Gasteiger partial charge in [-0.15, -0.1) is 0 Å². The first-order chi connectivity index (χ1) is 8.16. The first kappa shape index (κ1) is 13.0. The number of piperidine rings is 1. The van der Waals surface area contributed by atoms with Gasteiger partial charge >= 0.3 is 0 Å². The van der Waals surface area contributed by atoms with E-state index in [2.05, 4.69) is 23.9 Å². The van der Waals surface area contributed by atoms with Crippen LogP contribution in [0.15, 0.2) is 0 Å². The van der Waals surface area contributed by atoms with E-state index < -0.39 is 0 Å². The molecule has 1 aliphatic carbocycles. The lowest BCUT2D eigenvalue weighted by atomic mass is 10.0. The number of likely N-dealkylation sites (N-methyl/N-ethyl adjacent to an activating group) is 1. The van der Waals surface area contributed by atoms with Crippen LogP contribution in [0.5, 0.6) is 0 Å². The molecule has 2 unspecified atom stereocenters. The molecule has 2 atom stereocenters. The van der Waals surface area contributed by atoms with Gasteiger partial charge in [-0.3, -0.25) is 4.79 Å². The Morgan fingerprint density at radius 2 is 2.12 bits per heavy atom. The molecule has 0 aromatic heterocycles. The van der Waals surface area contributed by atoms with Crippen LogP contribution in [0.1, 0.15) is 38.5 Å². The zero-order valence-corrected chi connectivity index (χ0v) is 11.3. The molecule has 0 aromatic carbocycles. The molecule has 98 valence electrons. The predicted octanol–water partition coefficient (Wildman–Crippen LogP) is 1.77. The normalized spacial score (nSPS) is 31.4. The maximum absolute atomic E-state index is 11.6. The Balaban J connectivity index is 1.73. The molecule has 1 saturated heterocycles. The van der Waals surface area contributed by atoms with Gasteiger partial charge in [-0.1, -0.05) is 0 Å². The van der Waals surface area contributed by atoms with E-state index in [0.29, 0.717) is 17.7 Å².